The number of rotatable bonds is 4. The van der Waals surface area contributed by atoms with Gasteiger partial charge in [-0.3, -0.25) is 9.69 Å². The van der Waals surface area contributed by atoms with Crippen LogP contribution in [0, 0.1) is 6.92 Å². The first-order valence-corrected chi connectivity index (χ1v) is 9.53. The molecule has 0 atom stereocenters. The van der Waals surface area contributed by atoms with Gasteiger partial charge in [-0.15, -0.1) is 0 Å². The Morgan fingerprint density at radius 2 is 2.09 bits per heavy atom. The molecular formula is C17H19BrN2O2S. The third-order valence-electron chi connectivity index (χ3n) is 3.86. The fourth-order valence-electron chi connectivity index (χ4n) is 2.54. The minimum absolute atomic E-state index is 0.231. The highest BCUT2D eigenvalue weighted by Gasteiger charge is 2.14. The molecule has 1 amide bonds. The van der Waals surface area contributed by atoms with Gasteiger partial charge in [-0.25, -0.2) is 0 Å². The zero-order chi connectivity index (χ0) is 16.2. The number of hydrogen-bond acceptors (Lipinski definition) is 4. The number of thioether (sulfide) groups is 1. The van der Waals surface area contributed by atoms with E-state index in [2.05, 4.69) is 44.3 Å². The lowest BCUT2D eigenvalue weighted by Crippen LogP contribution is -2.32. The summed E-state index contributed by atoms with van der Waals surface area (Å²) in [5, 5.41) is 2.94. The normalized spacial score (nSPS) is 15.6. The van der Waals surface area contributed by atoms with E-state index in [-0.39, 0.29) is 5.91 Å². The third-order valence-corrected chi connectivity index (χ3v) is 5.23. The molecule has 1 saturated heterocycles. The van der Waals surface area contributed by atoms with Crippen LogP contribution in [0.25, 0.3) is 0 Å². The maximum absolute atomic E-state index is 12.2. The highest BCUT2D eigenvalue weighted by molar-refractivity contribution is 9.10. The van der Waals surface area contributed by atoms with Crippen molar-refractivity contribution in [2.45, 2.75) is 13.5 Å². The topological polar surface area (TPSA) is 45.5 Å². The monoisotopic (exact) mass is 394 g/mol. The van der Waals surface area contributed by atoms with Gasteiger partial charge in [0.15, 0.2) is 10.4 Å². The van der Waals surface area contributed by atoms with Gasteiger partial charge in [0.05, 0.1) is 0 Å². The first-order valence-electron chi connectivity index (χ1n) is 7.58. The van der Waals surface area contributed by atoms with Gasteiger partial charge in [0.25, 0.3) is 5.91 Å². The summed E-state index contributed by atoms with van der Waals surface area (Å²) in [6, 6.07) is 9.63. The number of halogens is 1. The molecule has 0 aliphatic carbocycles. The van der Waals surface area contributed by atoms with Crippen LogP contribution in [0.15, 0.2) is 39.4 Å². The van der Waals surface area contributed by atoms with E-state index < -0.39 is 0 Å². The number of carbonyl (C=O) groups excluding carboxylic acids is 1. The molecule has 0 radical (unpaired) electrons. The average Bonchev–Trinajstić information content (AvgIpc) is 2.98. The highest BCUT2D eigenvalue weighted by atomic mass is 79.9. The van der Waals surface area contributed by atoms with E-state index in [9.17, 15) is 4.79 Å². The van der Waals surface area contributed by atoms with Crippen molar-refractivity contribution in [3.63, 3.8) is 0 Å². The molecular weight excluding hydrogens is 376 g/mol. The second-order valence-corrected chi connectivity index (χ2v) is 7.60. The summed E-state index contributed by atoms with van der Waals surface area (Å²) in [5.41, 5.74) is 3.10. The van der Waals surface area contributed by atoms with Crippen molar-refractivity contribution in [3.05, 3.63) is 51.9 Å². The number of hydrogen-bond donors (Lipinski definition) is 1. The molecule has 0 unspecified atom stereocenters. The fraction of sp³-hybridized carbons (Fsp3) is 0.353. The Bertz CT molecular complexity index is 696. The van der Waals surface area contributed by atoms with Crippen molar-refractivity contribution in [1.29, 1.82) is 0 Å². The molecule has 4 nitrogen and oxygen atoms in total. The molecule has 1 aromatic heterocycles. The van der Waals surface area contributed by atoms with Crippen LogP contribution in [0.1, 0.15) is 21.7 Å². The minimum Gasteiger partial charge on any atom is -0.444 e. The molecule has 3 rings (SSSR count). The van der Waals surface area contributed by atoms with Crippen LogP contribution in [0.3, 0.4) is 0 Å². The number of nitrogens with zero attached hydrogens (tertiary/aromatic N) is 1. The van der Waals surface area contributed by atoms with Crippen molar-refractivity contribution in [2.75, 3.05) is 29.9 Å². The highest BCUT2D eigenvalue weighted by Crippen LogP contribution is 2.21. The van der Waals surface area contributed by atoms with E-state index in [1.54, 1.807) is 12.1 Å². The van der Waals surface area contributed by atoms with Crippen molar-refractivity contribution in [2.24, 2.45) is 0 Å². The molecule has 1 N–H and O–H groups in total. The molecule has 6 heteroatoms. The minimum atomic E-state index is -0.231. The number of furan rings is 1. The summed E-state index contributed by atoms with van der Waals surface area (Å²) >= 11 is 5.22. The van der Waals surface area contributed by atoms with Crippen LogP contribution >= 0.6 is 27.7 Å². The summed E-state index contributed by atoms with van der Waals surface area (Å²) in [6.45, 7) is 5.17. The molecule has 0 spiro atoms. The second-order valence-electron chi connectivity index (χ2n) is 5.60. The van der Waals surface area contributed by atoms with E-state index >= 15 is 0 Å². The van der Waals surface area contributed by atoms with Crippen molar-refractivity contribution < 1.29 is 9.21 Å². The van der Waals surface area contributed by atoms with Gasteiger partial charge in [-0.1, -0.05) is 12.1 Å². The molecule has 1 fully saturated rings. The summed E-state index contributed by atoms with van der Waals surface area (Å²) in [7, 11) is 0. The first kappa shape index (κ1) is 16.6. The summed E-state index contributed by atoms with van der Waals surface area (Å²) in [4.78, 5) is 14.7. The second kappa shape index (κ2) is 7.55. The summed E-state index contributed by atoms with van der Waals surface area (Å²) in [5.74, 6) is 2.46. The Morgan fingerprint density at radius 1 is 1.30 bits per heavy atom. The van der Waals surface area contributed by atoms with E-state index in [0.29, 0.717) is 10.4 Å². The van der Waals surface area contributed by atoms with Gasteiger partial charge in [0, 0.05) is 36.8 Å². The van der Waals surface area contributed by atoms with E-state index in [0.717, 1.165) is 30.9 Å². The SMILES string of the molecule is Cc1ccc(CN2CCSCC2)cc1NC(=O)c1ccc(Br)o1. The van der Waals surface area contributed by atoms with Crippen LogP contribution in [0.5, 0.6) is 0 Å². The zero-order valence-electron chi connectivity index (χ0n) is 13.0. The summed E-state index contributed by atoms with van der Waals surface area (Å²) in [6.07, 6.45) is 0. The first-order chi connectivity index (χ1) is 11.1. The molecule has 1 aromatic carbocycles. The average molecular weight is 395 g/mol. The van der Waals surface area contributed by atoms with Crippen LogP contribution in [-0.2, 0) is 6.54 Å². The van der Waals surface area contributed by atoms with Crippen molar-refractivity contribution in [1.82, 2.24) is 4.90 Å². The lowest BCUT2D eigenvalue weighted by Gasteiger charge is -2.26. The largest absolute Gasteiger partial charge is 0.444 e. The third kappa shape index (κ3) is 4.40. The van der Waals surface area contributed by atoms with E-state index in [4.69, 9.17) is 4.42 Å². The molecule has 0 bridgehead atoms. The number of anilines is 1. The lowest BCUT2D eigenvalue weighted by atomic mass is 10.1. The van der Waals surface area contributed by atoms with Crippen LogP contribution < -0.4 is 5.32 Å². The fourth-order valence-corrected chi connectivity index (χ4v) is 3.83. The van der Waals surface area contributed by atoms with Gasteiger partial charge >= 0.3 is 0 Å². The lowest BCUT2D eigenvalue weighted by molar-refractivity contribution is 0.0995. The van der Waals surface area contributed by atoms with E-state index in [1.807, 2.05) is 18.7 Å². The molecule has 2 aromatic rings. The van der Waals surface area contributed by atoms with Crippen LogP contribution in [-0.4, -0.2) is 35.4 Å². The Balaban J connectivity index is 1.71. The number of carbonyl (C=O) groups is 1. The molecule has 1 aliphatic heterocycles. The Morgan fingerprint density at radius 3 is 2.78 bits per heavy atom. The predicted octanol–water partition coefficient (Wildman–Crippen LogP) is 4.15. The summed E-state index contributed by atoms with van der Waals surface area (Å²) < 4.78 is 5.86. The molecule has 0 saturated carbocycles. The van der Waals surface area contributed by atoms with Crippen molar-refractivity contribution in [3.8, 4) is 0 Å². The maximum Gasteiger partial charge on any atom is 0.291 e. The van der Waals surface area contributed by atoms with E-state index in [1.165, 1.54) is 17.1 Å². The standard InChI is InChI=1S/C17H19BrN2O2S/c1-12-2-3-13(11-20-6-8-23-9-7-20)10-14(12)19-17(21)15-4-5-16(18)22-15/h2-5,10H,6-9,11H2,1H3,(H,19,21). The molecule has 1 aliphatic rings. The van der Waals surface area contributed by atoms with Gasteiger partial charge in [0.1, 0.15) is 0 Å². The van der Waals surface area contributed by atoms with Crippen molar-refractivity contribution >= 4 is 39.3 Å². The molecule has 122 valence electrons. The van der Waals surface area contributed by atoms with Gasteiger partial charge in [-0.2, -0.15) is 11.8 Å². The number of benzene rings is 1. The Hall–Kier alpha value is -1.24. The number of amides is 1. The smallest absolute Gasteiger partial charge is 0.291 e. The molecule has 23 heavy (non-hydrogen) atoms. The van der Waals surface area contributed by atoms with Gasteiger partial charge in [0.2, 0.25) is 0 Å². The maximum atomic E-state index is 12.2. The van der Waals surface area contributed by atoms with Crippen LogP contribution in [0.4, 0.5) is 5.69 Å². The van der Waals surface area contributed by atoms with Gasteiger partial charge < -0.3 is 9.73 Å². The zero-order valence-corrected chi connectivity index (χ0v) is 15.4. The Kier molecular flexibility index (Phi) is 5.46. The predicted molar refractivity (Wildman–Crippen MR) is 98.1 cm³/mol. The molecule has 2 heterocycles. The van der Waals surface area contributed by atoms with Crippen LogP contribution in [0.2, 0.25) is 0 Å². The van der Waals surface area contributed by atoms with Gasteiger partial charge in [-0.05, 0) is 52.2 Å². The number of aryl methyl sites for hydroxylation is 1. The Labute approximate surface area is 148 Å². The quantitative estimate of drug-likeness (QED) is 0.845. The number of nitrogens with one attached hydrogen (secondary N) is 1.